The third-order valence-corrected chi connectivity index (χ3v) is 5.97. The molecule has 0 aromatic heterocycles. The SMILES string of the molecule is C[C@H]1CCC2CCC[C@H]3C(CBr)=C(C(F)(F)F)O[C@H](O1)C23OO. The summed E-state index contributed by atoms with van der Waals surface area (Å²) in [7, 11) is 0. The van der Waals surface area contributed by atoms with Crippen molar-refractivity contribution >= 4 is 15.9 Å². The Labute approximate surface area is 141 Å². The van der Waals surface area contributed by atoms with Gasteiger partial charge in [-0.15, -0.1) is 0 Å². The Bertz CT molecular complexity index is 496. The van der Waals surface area contributed by atoms with Crippen molar-refractivity contribution in [3.63, 3.8) is 0 Å². The molecule has 4 nitrogen and oxygen atoms in total. The molecule has 8 heteroatoms. The molecule has 1 aliphatic carbocycles. The van der Waals surface area contributed by atoms with Gasteiger partial charge in [-0.25, -0.2) is 4.89 Å². The molecule has 2 unspecified atom stereocenters. The van der Waals surface area contributed by atoms with Crippen LogP contribution in [0.5, 0.6) is 0 Å². The molecule has 1 saturated carbocycles. The summed E-state index contributed by atoms with van der Waals surface area (Å²) in [6, 6.07) is 0. The van der Waals surface area contributed by atoms with Crippen LogP contribution in [0.15, 0.2) is 11.3 Å². The lowest BCUT2D eigenvalue weighted by Gasteiger charge is -2.52. The van der Waals surface area contributed by atoms with Gasteiger partial charge in [0, 0.05) is 11.2 Å². The van der Waals surface area contributed by atoms with Gasteiger partial charge in [0.25, 0.3) is 0 Å². The molecule has 2 heterocycles. The van der Waals surface area contributed by atoms with Gasteiger partial charge in [0.1, 0.15) is 0 Å². The average Bonchev–Trinajstić information content (AvgIpc) is 2.64. The van der Waals surface area contributed by atoms with Crippen LogP contribution in [0.25, 0.3) is 0 Å². The van der Waals surface area contributed by atoms with Gasteiger partial charge in [-0.3, -0.25) is 5.26 Å². The summed E-state index contributed by atoms with van der Waals surface area (Å²) in [4.78, 5) is 4.90. The van der Waals surface area contributed by atoms with E-state index in [0.717, 1.165) is 19.3 Å². The fourth-order valence-electron chi connectivity index (χ4n) is 4.34. The van der Waals surface area contributed by atoms with Crippen LogP contribution in [-0.2, 0) is 14.4 Å². The highest BCUT2D eigenvalue weighted by molar-refractivity contribution is 9.09. The van der Waals surface area contributed by atoms with E-state index in [4.69, 9.17) is 14.4 Å². The van der Waals surface area contributed by atoms with Crippen molar-refractivity contribution in [2.45, 2.75) is 63.2 Å². The Kier molecular flexibility index (Phi) is 4.72. The summed E-state index contributed by atoms with van der Waals surface area (Å²) in [5, 5.41) is 9.74. The van der Waals surface area contributed by atoms with Crippen LogP contribution in [0.3, 0.4) is 0 Å². The third-order valence-electron chi connectivity index (χ3n) is 5.37. The van der Waals surface area contributed by atoms with Gasteiger partial charge in [0.15, 0.2) is 5.60 Å². The molecule has 0 amide bonds. The highest BCUT2D eigenvalue weighted by Gasteiger charge is 2.64. The number of ether oxygens (including phenoxy) is 2. The Morgan fingerprint density at radius 2 is 2.04 bits per heavy atom. The summed E-state index contributed by atoms with van der Waals surface area (Å²) < 4.78 is 51.2. The molecule has 5 atom stereocenters. The van der Waals surface area contributed by atoms with E-state index in [1.54, 1.807) is 6.92 Å². The van der Waals surface area contributed by atoms with Crippen LogP contribution < -0.4 is 0 Å². The molecular weight excluding hydrogens is 381 g/mol. The molecule has 2 aliphatic heterocycles. The molecule has 1 N–H and O–H groups in total. The molecule has 0 spiro atoms. The molecule has 0 bridgehead atoms. The summed E-state index contributed by atoms with van der Waals surface area (Å²) in [5.74, 6) is -1.68. The number of halogens is 4. The maximum atomic E-state index is 13.4. The standard InChI is InChI=1S/C15H20BrF3O4/c1-8-5-6-9-3-2-4-11-10(7-16)12(15(17,18)19)22-13(21-8)14(9,11)23-20/h8-9,11,13,20H,2-7H2,1H3/t8-,9?,11-,13-,14?/m0/s1. The minimum atomic E-state index is -4.60. The normalized spacial score (nSPS) is 41.1. The summed E-state index contributed by atoms with van der Waals surface area (Å²) in [5.41, 5.74) is -1.16. The molecule has 0 aromatic rings. The van der Waals surface area contributed by atoms with Crippen LogP contribution in [0, 0.1) is 11.8 Å². The molecular formula is C15H20BrF3O4. The number of hydrogen-bond acceptors (Lipinski definition) is 4. The van der Waals surface area contributed by atoms with Crippen LogP contribution >= 0.6 is 15.9 Å². The van der Waals surface area contributed by atoms with Crippen molar-refractivity contribution in [1.29, 1.82) is 0 Å². The largest absolute Gasteiger partial charge is 0.456 e. The van der Waals surface area contributed by atoms with Crippen LogP contribution in [0.4, 0.5) is 13.2 Å². The van der Waals surface area contributed by atoms with Gasteiger partial charge in [-0.2, -0.15) is 13.2 Å². The second-order valence-electron chi connectivity index (χ2n) is 6.58. The van der Waals surface area contributed by atoms with E-state index in [1.165, 1.54) is 0 Å². The maximum Gasteiger partial charge on any atom is 0.449 e. The first-order valence-electron chi connectivity index (χ1n) is 7.85. The first kappa shape index (κ1) is 17.5. The molecule has 3 aliphatic rings. The molecule has 1 saturated heterocycles. The Morgan fingerprint density at radius 3 is 2.65 bits per heavy atom. The predicted octanol–water partition coefficient (Wildman–Crippen LogP) is 4.40. The zero-order valence-corrected chi connectivity index (χ0v) is 14.3. The summed E-state index contributed by atoms with van der Waals surface area (Å²) >= 11 is 3.15. The van der Waals surface area contributed by atoms with E-state index in [2.05, 4.69) is 15.9 Å². The van der Waals surface area contributed by atoms with E-state index in [9.17, 15) is 18.4 Å². The summed E-state index contributed by atoms with van der Waals surface area (Å²) in [6.45, 7) is 1.80. The quantitative estimate of drug-likeness (QED) is 0.424. The lowest BCUT2D eigenvalue weighted by atomic mass is 9.63. The fraction of sp³-hybridized carbons (Fsp3) is 0.867. The maximum absolute atomic E-state index is 13.4. The lowest BCUT2D eigenvalue weighted by molar-refractivity contribution is -0.415. The van der Waals surface area contributed by atoms with Gasteiger partial charge < -0.3 is 9.47 Å². The van der Waals surface area contributed by atoms with Gasteiger partial charge in [0.2, 0.25) is 12.0 Å². The highest BCUT2D eigenvalue weighted by Crippen LogP contribution is 2.56. The second-order valence-corrected chi connectivity index (χ2v) is 7.15. The van der Waals surface area contributed by atoms with E-state index in [-0.39, 0.29) is 22.9 Å². The lowest BCUT2D eigenvalue weighted by Crippen LogP contribution is -2.62. The van der Waals surface area contributed by atoms with E-state index >= 15 is 0 Å². The van der Waals surface area contributed by atoms with Crippen molar-refractivity contribution < 1.29 is 32.8 Å². The zero-order valence-electron chi connectivity index (χ0n) is 12.7. The Morgan fingerprint density at radius 1 is 1.30 bits per heavy atom. The number of hydrogen-bond donors (Lipinski definition) is 1. The van der Waals surface area contributed by atoms with E-state index < -0.39 is 29.7 Å². The molecule has 0 radical (unpaired) electrons. The van der Waals surface area contributed by atoms with Gasteiger partial charge in [-0.05, 0) is 44.1 Å². The van der Waals surface area contributed by atoms with Crippen molar-refractivity contribution in [2.24, 2.45) is 11.8 Å². The van der Waals surface area contributed by atoms with Gasteiger partial charge in [-0.1, -0.05) is 22.4 Å². The number of alkyl halides is 4. The minimum Gasteiger partial charge on any atom is -0.456 e. The molecule has 3 rings (SSSR count). The van der Waals surface area contributed by atoms with E-state index in [0.29, 0.717) is 12.8 Å². The van der Waals surface area contributed by atoms with Gasteiger partial charge in [0.05, 0.1) is 6.10 Å². The van der Waals surface area contributed by atoms with Crippen LogP contribution in [0.2, 0.25) is 0 Å². The van der Waals surface area contributed by atoms with E-state index in [1.807, 2.05) is 0 Å². The van der Waals surface area contributed by atoms with Crippen LogP contribution in [0.1, 0.15) is 39.0 Å². The summed E-state index contributed by atoms with van der Waals surface area (Å²) in [6.07, 6.45) is -2.58. The minimum absolute atomic E-state index is 0.0204. The number of allylic oxidation sites excluding steroid dienone is 1. The van der Waals surface area contributed by atoms with Crippen molar-refractivity contribution in [3.8, 4) is 0 Å². The second kappa shape index (κ2) is 6.20. The molecule has 0 aromatic carbocycles. The Balaban J connectivity index is 2.14. The van der Waals surface area contributed by atoms with Crippen LogP contribution in [-0.4, -0.2) is 34.8 Å². The Hall–Kier alpha value is -0.310. The topological polar surface area (TPSA) is 47.9 Å². The monoisotopic (exact) mass is 400 g/mol. The third kappa shape index (κ3) is 2.71. The van der Waals surface area contributed by atoms with Gasteiger partial charge >= 0.3 is 6.18 Å². The fourth-order valence-corrected chi connectivity index (χ4v) is 4.99. The van der Waals surface area contributed by atoms with Crippen molar-refractivity contribution in [2.75, 3.05) is 5.33 Å². The van der Waals surface area contributed by atoms with Crippen molar-refractivity contribution in [3.05, 3.63) is 11.3 Å². The predicted molar refractivity (Wildman–Crippen MR) is 78.8 cm³/mol. The average molecular weight is 401 g/mol. The zero-order chi connectivity index (χ0) is 16.8. The van der Waals surface area contributed by atoms with Crippen molar-refractivity contribution in [1.82, 2.24) is 0 Å². The molecule has 23 heavy (non-hydrogen) atoms. The first-order chi connectivity index (χ1) is 10.8. The number of rotatable bonds is 2. The molecule has 2 fully saturated rings. The smallest absolute Gasteiger partial charge is 0.449 e. The first-order valence-corrected chi connectivity index (χ1v) is 8.97. The molecule has 132 valence electrons. The highest BCUT2D eigenvalue weighted by atomic mass is 79.9.